The van der Waals surface area contributed by atoms with Gasteiger partial charge in [0, 0.05) is 33.1 Å². The van der Waals surface area contributed by atoms with E-state index in [-0.39, 0.29) is 11.9 Å². The number of carbonyl (C=O) groups excluding carboxylic acids is 1. The highest BCUT2D eigenvalue weighted by molar-refractivity contribution is 5.75. The van der Waals surface area contributed by atoms with Crippen LogP contribution < -0.4 is 14.8 Å². The van der Waals surface area contributed by atoms with Crippen molar-refractivity contribution in [3.05, 3.63) is 23.8 Å². The second-order valence-electron chi connectivity index (χ2n) is 5.29. The Morgan fingerprint density at radius 3 is 2.48 bits per heavy atom. The summed E-state index contributed by atoms with van der Waals surface area (Å²) in [6.45, 7) is 2.79. The van der Waals surface area contributed by atoms with Gasteiger partial charge in [0.05, 0.1) is 14.2 Å². The standard InChI is InChI=1S/C16H26N2O3/c1-12(17-9-8-16(19)18(2)3)10-13-6-7-14(20-4)15(11-13)21-5/h6-7,11-12,17H,8-10H2,1-5H3. The summed E-state index contributed by atoms with van der Waals surface area (Å²) in [4.78, 5) is 13.1. The average Bonchev–Trinajstić information content (AvgIpc) is 2.46. The van der Waals surface area contributed by atoms with Gasteiger partial charge >= 0.3 is 0 Å². The molecule has 118 valence electrons. The molecule has 0 fully saturated rings. The largest absolute Gasteiger partial charge is 0.493 e. The summed E-state index contributed by atoms with van der Waals surface area (Å²) in [5.41, 5.74) is 1.17. The van der Waals surface area contributed by atoms with Gasteiger partial charge in [0.1, 0.15) is 0 Å². The molecule has 0 bridgehead atoms. The smallest absolute Gasteiger partial charge is 0.223 e. The first-order valence-electron chi connectivity index (χ1n) is 7.12. The van der Waals surface area contributed by atoms with Crippen LogP contribution in [0.2, 0.25) is 0 Å². The maximum atomic E-state index is 11.5. The van der Waals surface area contributed by atoms with E-state index in [1.165, 1.54) is 5.56 Å². The number of amides is 1. The minimum atomic E-state index is 0.140. The Morgan fingerprint density at radius 1 is 1.24 bits per heavy atom. The third-order valence-corrected chi connectivity index (χ3v) is 3.32. The summed E-state index contributed by atoms with van der Waals surface area (Å²) >= 11 is 0. The SMILES string of the molecule is COc1ccc(CC(C)NCCC(=O)N(C)C)cc1OC. The Morgan fingerprint density at radius 2 is 1.90 bits per heavy atom. The summed E-state index contributed by atoms with van der Waals surface area (Å²) in [6, 6.07) is 6.22. The normalized spacial score (nSPS) is 11.9. The fourth-order valence-corrected chi connectivity index (χ4v) is 2.08. The number of hydrogen-bond donors (Lipinski definition) is 1. The Kier molecular flexibility index (Phi) is 7.02. The van der Waals surface area contributed by atoms with E-state index >= 15 is 0 Å². The van der Waals surface area contributed by atoms with E-state index in [9.17, 15) is 4.79 Å². The van der Waals surface area contributed by atoms with E-state index < -0.39 is 0 Å². The van der Waals surface area contributed by atoms with Gasteiger partial charge in [-0.1, -0.05) is 6.07 Å². The maximum absolute atomic E-state index is 11.5. The first-order valence-corrected chi connectivity index (χ1v) is 7.12. The van der Waals surface area contributed by atoms with Gasteiger partial charge in [0.25, 0.3) is 0 Å². The number of benzene rings is 1. The van der Waals surface area contributed by atoms with E-state index in [1.54, 1.807) is 33.2 Å². The second-order valence-corrected chi connectivity index (χ2v) is 5.29. The van der Waals surface area contributed by atoms with Gasteiger partial charge in [-0.3, -0.25) is 4.79 Å². The van der Waals surface area contributed by atoms with E-state index in [0.717, 1.165) is 17.9 Å². The van der Waals surface area contributed by atoms with Crippen LogP contribution in [0.3, 0.4) is 0 Å². The van der Waals surface area contributed by atoms with Gasteiger partial charge in [-0.15, -0.1) is 0 Å². The van der Waals surface area contributed by atoms with Crippen LogP contribution in [0.1, 0.15) is 18.9 Å². The van der Waals surface area contributed by atoms with Crippen molar-refractivity contribution < 1.29 is 14.3 Å². The van der Waals surface area contributed by atoms with Crippen molar-refractivity contribution in [3.63, 3.8) is 0 Å². The van der Waals surface area contributed by atoms with Crippen LogP contribution in [0.4, 0.5) is 0 Å². The summed E-state index contributed by atoms with van der Waals surface area (Å²) in [6.07, 6.45) is 1.39. The second kappa shape index (κ2) is 8.52. The molecule has 1 atom stereocenters. The fourth-order valence-electron chi connectivity index (χ4n) is 2.08. The van der Waals surface area contributed by atoms with Crippen molar-refractivity contribution in [1.29, 1.82) is 0 Å². The summed E-state index contributed by atoms with van der Waals surface area (Å²) < 4.78 is 10.5. The highest BCUT2D eigenvalue weighted by Gasteiger charge is 2.09. The molecule has 0 aromatic heterocycles. The number of nitrogens with zero attached hydrogens (tertiary/aromatic N) is 1. The minimum Gasteiger partial charge on any atom is -0.493 e. The third-order valence-electron chi connectivity index (χ3n) is 3.32. The van der Waals surface area contributed by atoms with Crippen LogP contribution in [0.15, 0.2) is 18.2 Å². The molecule has 1 amide bonds. The Balaban J connectivity index is 2.47. The molecule has 21 heavy (non-hydrogen) atoms. The molecule has 1 unspecified atom stereocenters. The molecular formula is C16H26N2O3. The monoisotopic (exact) mass is 294 g/mol. The summed E-state index contributed by atoms with van der Waals surface area (Å²) in [7, 11) is 6.81. The molecule has 0 aliphatic carbocycles. The van der Waals surface area contributed by atoms with Crippen LogP contribution in [0, 0.1) is 0 Å². The number of hydrogen-bond acceptors (Lipinski definition) is 4. The van der Waals surface area contributed by atoms with E-state index in [4.69, 9.17) is 9.47 Å². The van der Waals surface area contributed by atoms with E-state index in [2.05, 4.69) is 12.2 Å². The first-order chi connectivity index (χ1) is 9.97. The Labute approximate surface area is 127 Å². The van der Waals surface area contributed by atoms with Gasteiger partial charge in [-0.05, 0) is 31.0 Å². The lowest BCUT2D eigenvalue weighted by Crippen LogP contribution is -2.32. The zero-order chi connectivity index (χ0) is 15.8. The van der Waals surface area contributed by atoms with Gasteiger partial charge < -0.3 is 19.7 Å². The molecule has 1 N–H and O–H groups in total. The molecule has 0 spiro atoms. The molecule has 0 aliphatic heterocycles. The molecule has 0 radical (unpaired) electrons. The van der Waals surface area contributed by atoms with Crippen molar-refractivity contribution >= 4 is 5.91 Å². The molecule has 1 rings (SSSR count). The molecule has 1 aromatic carbocycles. The zero-order valence-corrected chi connectivity index (χ0v) is 13.6. The lowest BCUT2D eigenvalue weighted by Gasteiger charge is -2.16. The zero-order valence-electron chi connectivity index (χ0n) is 13.6. The van der Waals surface area contributed by atoms with Crippen LogP contribution in [-0.4, -0.2) is 51.7 Å². The molecule has 0 aliphatic rings. The molecule has 0 heterocycles. The van der Waals surface area contributed by atoms with Crippen molar-refractivity contribution in [3.8, 4) is 11.5 Å². The quantitative estimate of drug-likeness (QED) is 0.793. The highest BCUT2D eigenvalue weighted by Crippen LogP contribution is 2.27. The van der Waals surface area contributed by atoms with Crippen LogP contribution in [-0.2, 0) is 11.2 Å². The van der Waals surface area contributed by atoms with Gasteiger partial charge in [-0.2, -0.15) is 0 Å². The number of methoxy groups -OCH3 is 2. The summed E-state index contributed by atoms with van der Waals surface area (Å²) in [5.74, 6) is 1.62. The predicted molar refractivity (Wildman–Crippen MR) is 84.0 cm³/mol. The summed E-state index contributed by atoms with van der Waals surface area (Å²) in [5, 5.41) is 3.36. The first kappa shape index (κ1) is 17.3. The number of ether oxygens (including phenoxy) is 2. The van der Waals surface area contributed by atoms with Gasteiger partial charge in [-0.25, -0.2) is 0 Å². The Bertz CT molecular complexity index is 461. The molecule has 5 heteroatoms. The third kappa shape index (κ3) is 5.63. The number of carbonyl (C=O) groups is 1. The Hall–Kier alpha value is -1.75. The lowest BCUT2D eigenvalue weighted by atomic mass is 10.1. The predicted octanol–water partition coefficient (Wildman–Crippen LogP) is 1.70. The lowest BCUT2D eigenvalue weighted by molar-refractivity contribution is -0.128. The maximum Gasteiger partial charge on any atom is 0.223 e. The molecular weight excluding hydrogens is 268 g/mol. The highest BCUT2D eigenvalue weighted by atomic mass is 16.5. The van der Waals surface area contributed by atoms with E-state index in [0.29, 0.717) is 13.0 Å². The van der Waals surface area contributed by atoms with Crippen molar-refractivity contribution in [2.75, 3.05) is 34.9 Å². The molecule has 1 aromatic rings. The molecule has 0 saturated heterocycles. The molecule has 0 saturated carbocycles. The van der Waals surface area contributed by atoms with Crippen molar-refractivity contribution in [2.24, 2.45) is 0 Å². The van der Waals surface area contributed by atoms with Crippen molar-refractivity contribution in [2.45, 2.75) is 25.8 Å². The van der Waals surface area contributed by atoms with Crippen LogP contribution >= 0.6 is 0 Å². The van der Waals surface area contributed by atoms with Gasteiger partial charge in [0.2, 0.25) is 5.91 Å². The number of rotatable bonds is 8. The van der Waals surface area contributed by atoms with Crippen molar-refractivity contribution in [1.82, 2.24) is 10.2 Å². The minimum absolute atomic E-state index is 0.140. The average molecular weight is 294 g/mol. The van der Waals surface area contributed by atoms with Crippen LogP contribution in [0.5, 0.6) is 11.5 Å². The fraction of sp³-hybridized carbons (Fsp3) is 0.562. The molecule has 5 nitrogen and oxygen atoms in total. The van der Waals surface area contributed by atoms with E-state index in [1.807, 2.05) is 18.2 Å². The number of nitrogens with one attached hydrogen (secondary N) is 1. The topological polar surface area (TPSA) is 50.8 Å². The van der Waals surface area contributed by atoms with Crippen LogP contribution in [0.25, 0.3) is 0 Å². The van der Waals surface area contributed by atoms with Gasteiger partial charge in [0.15, 0.2) is 11.5 Å².